The van der Waals surface area contributed by atoms with E-state index in [1.54, 1.807) is 6.07 Å². The van der Waals surface area contributed by atoms with Gasteiger partial charge in [-0.15, -0.1) is 10.2 Å². The van der Waals surface area contributed by atoms with Gasteiger partial charge in [-0.25, -0.2) is 4.79 Å². The lowest BCUT2D eigenvalue weighted by Crippen LogP contribution is -2.09. The third-order valence-electron chi connectivity index (χ3n) is 2.99. The van der Waals surface area contributed by atoms with Crippen LogP contribution >= 0.6 is 15.9 Å². The van der Waals surface area contributed by atoms with Crippen LogP contribution in [0.3, 0.4) is 0 Å². The van der Waals surface area contributed by atoms with Crippen molar-refractivity contribution >= 4 is 21.9 Å². The molecule has 0 bridgehead atoms. The van der Waals surface area contributed by atoms with E-state index in [2.05, 4.69) is 36.1 Å². The van der Waals surface area contributed by atoms with E-state index in [9.17, 15) is 4.79 Å². The zero-order chi connectivity index (χ0) is 15.5. The molecule has 2 heterocycles. The number of halogens is 1. The van der Waals surface area contributed by atoms with E-state index in [1.807, 2.05) is 24.3 Å². The third-order valence-corrected chi connectivity index (χ3v) is 3.52. The number of hydrogen-bond donors (Lipinski definition) is 0. The van der Waals surface area contributed by atoms with Gasteiger partial charge in [0.05, 0.1) is 13.4 Å². The van der Waals surface area contributed by atoms with Crippen LogP contribution in [0.15, 0.2) is 45.5 Å². The topological polar surface area (TPSA) is 83.0 Å². The molecule has 3 rings (SSSR count). The van der Waals surface area contributed by atoms with Crippen molar-refractivity contribution in [3.05, 3.63) is 52.4 Å². The number of carbonyl (C=O) groups excluding carboxylic acids is 1. The molecule has 0 spiro atoms. The number of furan rings is 1. The molecule has 7 nitrogen and oxygen atoms in total. The number of hydrogen-bond acceptors (Lipinski definition) is 6. The molecule has 8 heteroatoms. The van der Waals surface area contributed by atoms with Crippen LogP contribution in [0, 0.1) is 0 Å². The van der Waals surface area contributed by atoms with Gasteiger partial charge in [0.1, 0.15) is 17.9 Å². The van der Waals surface area contributed by atoms with Crippen molar-refractivity contribution in [1.29, 1.82) is 0 Å². The van der Waals surface area contributed by atoms with Gasteiger partial charge in [-0.3, -0.25) is 0 Å². The quantitative estimate of drug-likeness (QED) is 0.663. The molecule has 112 valence electrons. The van der Waals surface area contributed by atoms with E-state index < -0.39 is 5.97 Å². The van der Waals surface area contributed by atoms with Crippen LogP contribution in [0.2, 0.25) is 0 Å². The van der Waals surface area contributed by atoms with Crippen molar-refractivity contribution < 1.29 is 13.9 Å². The zero-order valence-electron chi connectivity index (χ0n) is 11.6. The summed E-state index contributed by atoms with van der Waals surface area (Å²) in [5, 5.41) is 12.2. The smallest absolute Gasteiger partial charge is 0.341 e. The molecule has 1 aromatic carbocycles. The number of tetrazole rings is 1. The molecule has 0 aliphatic heterocycles. The van der Waals surface area contributed by atoms with Gasteiger partial charge < -0.3 is 9.15 Å². The number of benzene rings is 1. The van der Waals surface area contributed by atoms with Gasteiger partial charge >= 0.3 is 5.97 Å². The van der Waals surface area contributed by atoms with Crippen molar-refractivity contribution in [3.8, 4) is 11.4 Å². The van der Waals surface area contributed by atoms with Crippen molar-refractivity contribution in [2.45, 2.75) is 6.54 Å². The normalized spacial score (nSPS) is 10.6. The second kappa shape index (κ2) is 6.10. The maximum absolute atomic E-state index is 11.6. The Balaban J connectivity index is 1.82. The Kier molecular flexibility index (Phi) is 4.01. The number of carbonyl (C=O) groups is 1. The Bertz CT molecular complexity index is 795. The van der Waals surface area contributed by atoms with Crippen LogP contribution in [-0.4, -0.2) is 33.3 Å². The van der Waals surface area contributed by atoms with Crippen molar-refractivity contribution in [3.63, 3.8) is 0 Å². The second-order valence-electron chi connectivity index (χ2n) is 4.40. The van der Waals surface area contributed by atoms with Gasteiger partial charge in [0.2, 0.25) is 5.82 Å². The summed E-state index contributed by atoms with van der Waals surface area (Å²) >= 11 is 3.37. The molecular weight excluding hydrogens is 352 g/mol. The summed E-state index contributed by atoms with van der Waals surface area (Å²) in [4.78, 5) is 13.0. The Hall–Kier alpha value is -2.48. The first-order chi connectivity index (χ1) is 10.7. The molecule has 0 N–H and O–H groups in total. The molecule has 2 aromatic heterocycles. The van der Waals surface area contributed by atoms with Crippen molar-refractivity contribution in [2.75, 3.05) is 7.11 Å². The van der Waals surface area contributed by atoms with E-state index in [0.29, 0.717) is 17.1 Å². The molecule has 0 saturated carbocycles. The molecule has 0 saturated heterocycles. The van der Waals surface area contributed by atoms with Crippen LogP contribution in [-0.2, 0) is 11.3 Å². The van der Waals surface area contributed by atoms with Crippen LogP contribution < -0.4 is 0 Å². The number of esters is 1. The lowest BCUT2D eigenvalue weighted by Gasteiger charge is -1.99. The predicted octanol–water partition coefficient (Wildman–Crippen LogP) is 2.53. The van der Waals surface area contributed by atoms with E-state index in [1.165, 1.54) is 18.2 Å². The molecule has 3 aromatic rings. The van der Waals surface area contributed by atoms with Gasteiger partial charge in [0.25, 0.3) is 0 Å². The first-order valence-corrected chi connectivity index (χ1v) is 7.15. The minimum atomic E-state index is -0.461. The minimum absolute atomic E-state index is 0.195. The summed E-state index contributed by atoms with van der Waals surface area (Å²) in [5.41, 5.74) is 1.20. The highest BCUT2D eigenvalue weighted by atomic mass is 79.9. The van der Waals surface area contributed by atoms with Gasteiger partial charge in [-0.2, -0.15) is 4.80 Å². The molecule has 0 unspecified atom stereocenters. The monoisotopic (exact) mass is 362 g/mol. The van der Waals surface area contributed by atoms with E-state index in [-0.39, 0.29) is 6.54 Å². The van der Waals surface area contributed by atoms with Crippen molar-refractivity contribution in [2.24, 2.45) is 0 Å². The Morgan fingerprint density at radius 1 is 1.32 bits per heavy atom. The molecule has 0 radical (unpaired) electrons. The first kappa shape index (κ1) is 14.5. The number of ether oxygens (including phenoxy) is 1. The van der Waals surface area contributed by atoms with Crippen LogP contribution in [0.25, 0.3) is 11.4 Å². The predicted molar refractivity (Wildman–Crippen MR) is 80.1 cm³/mol. The lowest BCUT2D eigenvalue weighted by molar-refractivity contribution is 0.0598. The Labute approximate surface area is 134 Å². The molecular formula is C14H11BrN4O3. The second-order valence-corrected chi connectivity index (χ2v) is 5.32. The maximum atomic E-state index is 11.6. The molecule has 0 aliphatic rings. The summed E-state index contributed by atoms with van der Waals surface area (Å²) in [6.07, 6.45) is 1.42. The summed E-state index contributed by atoms with van der Waals surface area (Å²) < 4.78 is 11.0. The highest BCUT2D eigenvalue weighted by Crippen LogP contribution is 2.18. The fourth-order valence-corrected chi connectivity index (χ4v) is 2.17. The largest absolute Gasteiger partial charge is 0.466 e. The third kappa shape index (κ3) is 2.91. The summed E-state index contributed by atoms with van der Waals surface area (Å²) in [5.74, 6) is 0.460. The fraction of sp³-hybridized carbons (Fsp3) is 0.143. The van der Waals surface area contributed by atoms with E-state index >= 15 is 0 Å². The lowest BCUT2D eigenvalue weighted by atomic mass is 10.2. The van der Waals surface area contributed by atoms with E-state index in [4.69, 9.17) is 4.42 Å². The summed E-state index contributed by atoms with van der Waals surface area (Å²) in [6, 6.07) is 9.12. The number of aromatic nitrogens is 4. The molecule has 0 amide bonds. The van der Waals surface area contributed by atoms with Gasteiger partial charge in [-0.05, 0) is 35.5 Å². The zero-order valence-corrected chi connectivity index (χ0v) is 13.1. The molecule has 0 fully saturated rings. The minimum Gasteiger partial charge on any atom is -0.466 e. The van der Waals surface area contributed by atoms with Crippen LogP contribution in [0.5, 0.6) is 0 Å². The fourth-order valence-electron chi connectivity index (χ4n) is 1.91. The average molecular weight is 363 g/mol. The SMILES string of the molecule is COC(=O)c1ccoc1Cn1nnc(-c2ccc(Br)cc2)n1. The Morgan fingerprint density at radius 3 is 2.82 bits per heavy atom. The Morgan fingerprint density at radius 2 is 2.09 bits per heavy atom. The molecule has 22 heavy (non-hydrogen) atoms. The highest BCUT2D eigenvalue weighted by Gasteiger charge is 2.16. The van der Waals surface area contributed by atoms with Gasteiger partial charge in [-0.1, -0.05) is 15.9 Å². The number of rotatable bonds is 4. The first-order valence-electron chi connectivity index (χ1n) is 6.36. The van der Waals surface area contributed by atoms with Crippen LogP contribution in [0.4, 0.5) is 0 Å². The number of nitrogens with zero attached hydrogens (tertiary/aromatic N) is 4. The number of methoxy groups -OCH3 is 1. The summed E-state index contributed by atoms with van der Waals surface area (Å²) in [6.45, 7) is 0.195. The maximum Gasteiger partial charge on any atom is 0.341 e. The van der Waals surface area contributed by atoms with E-state index in [0.717, 1.165) is 10.0 Å². The van der Waals surface area contributed by atoms with Crippen molar-refractivity contribution in [1.82, 2.24) is 20.2 Å². The van der Waals surface area contributed by atoms with Crippen LogP contribution in [0.1, 0.15) is 16.1 Å². The highest BCUT2D eigenvalue weighted by molar-refractivity contribution is 9.10. The van der Waals surface area contributed by atoms with Gasteiger partial charge in [0, 0.05) is 10.0 Å². The molecule has 0 aliphatic carbocycles. The molecule has 0 atom stereocenters. The average Bonchev–Trinajstić information content (AvgIpc) is 3.17. The van der Waals surface area contributed by atoms with Gasteiger partial charge in [0.15, 0.2) is 0 Å². The standard InChI is InChI=1S/C14H11BrN4O3/c1-21-14(20)11-6-7-22-12(11)8-19-17-13(16-18-19)9-2-4-10(15)5-3-9/h2-7H,8H2,1H3. The summed E-state index contributed by atoms with van der Waals surface area (Å²) in [7, 11) is 1.32.